The number of guanidine groups is 1. The molecule has 7 heteroatoms. The highest BCUT2D eigenvalue weighted by Gasteiger charge is 2.18. The Morgan fingerprint density at radius 2 is 1.84 bits per heavy atom. The summed E-state index contributed by atoms with van der Waals surface area (Å²) < 4.78 is 0. The van der Waals surface area contributed by atoms with E-state index in [1.54, 1.807) is 0 Å². The topological polar surface area (TPSA) is 55.8 Å². The predicted molar refractivity (Wildman–Crippen MR) is 142 cm³/mol. The van der Waals surface area contributed by atoms with Crippen LogP contribution in [0.1, 0.15) is 23.7 Å². The minimum Gasteiger partial charge on any atom is -0.369 e. The number of halogens is 1. The molecule has 0 spiro atoms. The summed E-state index contributed by atoms with van der Waals surface area (Å²) in [6.45, 7) is 14.4. The van der Waals surface area contributed by atoms with E-state index in [2.05, 4.69) is 70.5 Å². The van der Waals surface area contributed by atoms with E-state index >= 15 is 0 Å². The van der Waals surface area contributed by atoms with Crippen LogP contribution in [0.25, 0.3) is 0 Å². The number of rotatable bonds is 8. The smallest absolute Gasteiger partial charge is 0.191 e. The van der Waals surface area contributed by atoms with Crippen molar-refractivity contribution >= 4 is 35.6 Å². The molecule has 0 amide bonds. The van der Waals surface area contributed by atoms with Gasteiger partial charge in [-0.25, -0.2) is 0 Å². The first kappa shape index (κ1) is 25.4. The van der Waals surface area contributed by atoms with Crippen molar-refractivity contribution in [2.24, 2.45) is 4.99 Å². The summed E-state index contributed by atoms with van der Waals surface area (Å²) in [4.78, 5) is 14.2. The van der Waals surface area contributed by atoms with Gasteiger partial charge in [0.15, 0.2) is 5.96 Å². The Bertz CT molecular complexity index is 803. The number of anilines is 1. The van der Waals surface area contributed by atoms with Gasteiger partial charge in [0.2, 0.25) is 0 Å². The van der Waals surface area contributed by atoms with Crippen molar-refractivity contribution in [2.75, 3.05) is 57.3 Å². The lowest BCUT2D eigenvalue weighted by molar-refractivity contribution is 0.265. The molecule has 0 saturated carbocycles. The van der Waals surface area contributed by atoms with Gasteiger partial charge < -0.3 is 15.5 Å². The predicted octanol–water partition coefficient (Wildman–Crippen LogP) is 3.24. The van der Waals surface area contributed by atoms with E-state index < -0.39 is 0 Å². The molecule has 3 rings (SSSR count). The van der Waals surface area contributed by atoms with Crippen LogP contribution in [-0.4, -0.2) is 68.2 Å². The van der Waals surface area contributed by atoms with Gasteiger partial charge in [-0.15, -0.1) is 24.0 Å². The number of nitrogens with one attached hydrogen (secondary N) is 2. The summed E-state index contributed by atoms with van der Waals surface area (Å²) in [5, 5.41) is 6.76. The zero-order valence-corrected chi connectivity index (χ0v) is 21.4. The SMILES string of the molecule is CCNC(=NCCN1CCN(c2cccc(C)c2C)CC1)NCCc1ccccn1.I. The van der Waals surface area contributed by atoms with Crippen LogP contribution in [-0.2, 0) is 6.42 Å². The largest absolute Gasteiger partial charge is 0.369 e. The highest BCUT2D eigenvalue weighted by atomic mass is 127. The number of aliphatic imine (C=N–C) groups is 1. The number of pyridine rings is 1. The van der Waals surface area contributed by atoms with Gasteiger partial charge in [0.25, 0.3) is 0 Å². The third kappa shape index (κ3) is 7.96. The van der Waals surface area contributed by atoms with Gasteiger partial charge in [-0.3, -0.25) is 14.9 Å². The first-order valence-electron chi connectivity index (χ1n) is 11.1. The maximum atomic E-state index is 4.76. The van der Waals surface area contributed by atoms with E-state index in [0.29, 0.717) is 0 Å². The second kappa shape index (κ2) is 13.5. The van der Waals surface area contributed by atoms with E-state index in [4.69, 9.17) is 4.99 Å². The van der Waals surface area contributed by atoms with E-state index in [1.165, 1.54) is 16.8 Å². The summed E-state index contributed by atoms with van der Waals surface area (Å²) in [7, 11) is 0. The van der Waals surface area contributed by atoms with Gasteiger partial charge >= 0.3 is 0 Å². The summed E-state index contributed by atoms with van der Waals surface area (Å²) >= 11 is 0. The van der Waals surface area contributed by atoms with Crippen molar-refractivity contribution in [3.05, 3.63) is 59.4 Å². The molecule has 0 unspecified atom stereocenters. The summed E-state index contributed by atoms with van der Waals surface area (Å²) in [6.07, 6.45) is 2.74. The monoisotopic (exact) mass is 536 g/mol. The van der Waals surface area contributed by atoms with Gasteiger partial charge in [0.1, 0.15) is 0 Å². The maximum Gasteiger partial charge on any atom is 0.191 e. The number of nitrogens with zero attached hydrogens (tertiary/aromatic N) is 4. The normalized spacial score (nSPS) is 14.8. The molecule has 0 radical (unpaired) electrons. The molecule has 0 atom stereocenters. The molecule has 2 N–H and O–H groups in total. The Labute approximate surface area is 204 Å². The van der Waals surface area contributed by atoms with Gasteiger partial charge in [0, 0.05) is 69.8 Å². The van der Waals surface area contributed by atoms with Crippen LogP contribution in [0.2, 0.25) is 0 Å². The Kier molecular flexibility index (Phi) is 11.1. The highest BCUT2D eigenvalue weighted by molar-refractivity contribution is 14.0. The lowest BCUT2D eigenvalue weighted by Crippen LogP contribution is -2.47. The highest BCUT2D eigenvalue weighted by Crippen LogP contribution is 2.23. The van der Waals surface area contributed by atoms with Gasteiger partial charge in [0.05, 0.1) is 6.54 Å². The van der Waals surface area contributed by atoms with Crippen LogP contribution in [0.5, 0.6) is 0 Å². The average molecular weight is 537 g/mol. The van der Waals surface area contributed by atoms with Crippen molar-refractivity contribution in [3.63, 3.8) is 0 Å². The van der Waals surface area contributed by atoms with Crippen molar-refractivity contribution in [3.8, 4) is 0 Å². The van der Waals surface area contributed by atoms with Gasteiger partial charge in [-0.2, -0.15) is 0 Å². The van der Waals surface area contributed by atoms with E-state index in [1.807, 2.05) is 18.3 Å². The van der Waals surface area contributed by atoms with E-state index in [-0.39, 0.29) is 24.0 Å². The van der Waals surface area contributed by atoms with Gasteiger partial charge in [-0.1, -0.05) is 18.2 Å². The molecule has 1 aromatic carbocycles. The molecular weight excluding hydrogens is 499 g/mol. The Morgan fingerprint density at radius 1 is 1.03 bits per heavy atom. The van der Waals surface area contributed by atoms with Crippen LogP contribution in [0.15, 0.2) is 47.6 Å². The number of hydrogen-bond donors (Lipinski definition) is 2. The van der Waals surface area contributed by atoms with Crippen LogP contribution < -0.4 is 15.5 Å². The summed E-state index contributed by atoms with van der Waals surface area (Å²) in [6, 6.07) is 12.7. The van der Waals surface area contributed by atoms with Crippen LogP contribution >= 0.6 is 24.0 Å². The zero-order chi connectivity index (χ0) is 21.2. The molecule has 31 heavy (non-hydrogen) atoms. The molecule has 170 valence electrons. The molecular formula is C24H37IN6. The second-order valence-corrected chi connectivity index (χ2v) is 7.81. The second-order valence-electron chi connectivity index (χ2n) is 7.81. The Hall–Kier alpha value is -1.87. The van der Waals surface area contributed by atoms with Gasteiger partial charge in [-0.05, 0) is 50.1 Å². The molecule has 0 aliphatic carbocycles. The van der Waals surface area contributed by atoms with Crippen molar-refractivity contribution in [2.45, 2.75) is 27.2 Å². The lowest BCUT2D eigenvalue weighted by atomic mass is 10.1. The zero-order valence-electron chi connectivity index (χ0n) is 19.1. The van der Waals surface area contributed by atoms with Crippen molar-refractivity contribution in [1.29, 1.82) is 0 Å². The lowest BCUT2D eigenvalue weighted by Gasteiger charge is -2.36. The van der Waals surface area contributed by atoms with Crippen LogP contribution in [0.4, 0.5) is 5.69 Å². The Morgan fingerprint density at radius 3 is 2.55 bits per heavy atom. The third-order valence-corrected chi connectivity index (χ3v) is 5.72. The van der Waals surface area contributed by atoms with Crippen molar-refractivity contribution < 1.29 is 0 Å². The van der Waals surface area contributed by atoms with E-state index in [0.717, 1.165) is 70.4 Å². The molecule has 6 nitrogen and oxygen atoms in total. The number of piperazine rings is 1. The molecule has 2 heterocycles. The molecule has 0 bridgehead atoms. The van der Waals surface area contributed by atoms with Crippen LogP contribution in [0, 0.1) is 13.8 Å². The fourth-order valence-corrected chi connectivity index (χ4v) is 3.79. The standard InChI is InChI=1S/C24H36N6.HI/c1-4-25-24(27-13-11-22-9-5-6-12-26-22)28-14-15-29-16-18-30(19-17-29)23-10-7-8-20(2)21(23)3;/h5-10,12H,4,11,13-19H2,1-3H3,(H2,25,27,28);1H. The third-order valence-electron chi connectivity index (χ3n) is 5.72. The first-order chi connectivity index (χ1) is 14.7. The number of benzene rings is 1. The quantitative estimate of drug-likeness (QED) is 0.308. The van der Waals surface area contributed by atoms with Crippen molar-refractivity contribution in [1.82, 2.24) is 20.5 Å². The summed E-state index contributed by atoms with van der Waals surface area (Å²) in [5.74, 6) is 0.891. The molecule has 1 aliphatic heterocycles. The number of aryl methyl sites for hydroxylation is 1. The molecule has 1 fully saturated rings. The summed E-state index contributed by atoms with van der Waals surface area (Å²) in [5.41, 5.74) is 5.26. The molecule has 1 aromatic heterocycles. The molecule has 2 aromatic rings. The Balaban J connectivity index is 0.00000341. The number of aromatic nitrogens is 1. The maximum absolute atomic E-state index is 4.76. The van der Waals surface area contributed by atoms with Crippen LogP contribution in [0.3, 0.4) is 0 Å². The fraction of sp³-hybridized carbons (Fsp3) is 0.500. The van der Waals surface area contributed by atoms with E-state index in [9.17, 15) is 0 Å². The first-order valence-corrected chi connectivity index (χ1v) is 11.1. The molecule has 1 aliphatic rings. The molecule has 1 saturated heterocycles. The minimum atomic E-state index is 0. The minimum absolute atomic E-state index is 0. The number of hydrogen-bond acceptors (Lipinski definition) is 4. The average Bonchev–Trinajstić information content (AvgIpc) is 2.77. The fourth-order valence-electron chi connectivity index (χ4n) is 3.79.